The summed E-state index contributed by atoms with van der Waals surface area (Å²) in [5, 5.41) is 16.7. The first kappa shape index (κ1) is 29.1. The molecule has 37 heavy (non-hydrogen) atoms. The number of carbonyl (C=O) groups is 2. The molecule has 204 valence electrons. The summed E-state index contributed by atoms with van der Waals surface area (Å²) < 4.78 is 0. The van der Waals surface area contributed by atoms with Crippen LogP contribution in [-0.2, 0) is 16.1 Å². The fourth-order valence-electron chi connectivity index (χ4n) is 4.79. The van der Waals surface area contributed by atoms with Crippen LogP contribution in [0.4, 0.5) is 5.69 Å². The quantitative estimate of drug-likeness (QED) is 0.509. The summed E-state index contributed by atoms with van der Waals surface area (Å²) in [5.41, 5.74) is 6.17. The molecule has 4 rings (SSSR count). The van der Waals surface area contributed by atoms with Gasteiger partial charge >= 0.3 is 0 Å². The smallest absolute Gasteiger partial charge is 0.243 e. The van der Waals surface area contributed by atoms with Crippen molar-refractivity contribution in [2.75, 3.05) is 37.6 Å². The first-order valence-electron chi connectivity index (χ1n) is 13.5. The summed E-state index contributed by atoms with van der Waals surface area (Å²) >= 11 is 1.63. The molecule has 3 atom stereocenters. The molecule has 3 heterocycles. The molecule has 8 nitrogen and oxygen atoms in total. The van der Waals surface area contributed by atoms with Crippen LogP contribution in [-0.4, -0.2) is 71.7 Å². The number of carbonyl (C=O) groups excluding carboxylic acids is 2. The fraction of sp³-hybridized carbons (Fsp3) is 0.607. The lowest BCUT2D eigenvalue weighted by molar-refractivity contribution is -0.142. The average Bonchev–Trinajstić information content (AvgIpc) is 3.53. The van der Waals surface area contributed by atoms with Crippen LogP contribution in [0.25, 0.3) is 10.4 Å². The maximum atomic E-state index is 13.2. The van der Waals surface area contributed by atoms with Crippen molar-refractivity contribution < 1.29 is 14.7 Å². The van der Waals surface area contributed by atoms with Crippen molar-refractivity contribution in [1.29, 1.82) is 0 Å². The number of piperazine rings is 1. The largest absolute Gasteiger partial charge is 0.391 e. The third kappa shape index (κ3) is 6.89. The Balaban J connectivity index is 0.00000186. The van der Waals surface area contributed by atoms with Crippen molar-refractivity contribution in [1.82, 2.24) is 20.5 Å². The molecule has 1 aromatic carbocycles. The molecule has 2 saturated heterocycles. The van der Waals surface area contributed by atoms with Crippen molar-refractivity contribution in [3.05, 3.63) is 35.0 Å². The molecule has 2 aliphatic heterocycles. The van der Waals surface area contributed by atoms with Crippen molar-refractivity contribution in [2.45, 2.75) is 66.7 Å². The van der Waals surface area contributed by atoms with Gasteiger partial charge in [0.1, 0.15) is 6.04 Å². The molecule has 0 bridgehead atoms. The number of rotatable bonds is 7. The van der Waals surface area contributed by atoms with E-state index >= 15 is 0 Å². The summed E-state index contributed by atoms with van der Waals surface area (Å²) in [4.78, 5) is 35.7. The Morgan fingerprint density at radius 1 is 1.22 bits per heavy atom. The highest BCUT2D eigenvalue weighted by atomic mass is 32.1. The van der Waals surface area contributed by atoms with Gasteiger partial charge in [-0.15, -0.1) is 11.3 Å². The van der Waals surface area contributed by atoms with Gasteiger partial charge in [-0.3, -0.25) is 9.59 Å². The van der Waals surface area contributed by atoms with E-state index in [2.05, 4.69) is 38.7 Å². The van der Waals surface area contributed by atoms with E-state index in [0.717, 1.165) is 53.6 Å². The van der Waals surface area contributed by atoms with Gasteiger partial charge in [0.25, 0.3) is 0 Å². The maximum Gasteiger partial charge on any atom is 0.243 e. The van der Waals surface area contributed by atoms with Crippen LogP contribution >= 0.6 is 11.3 Å². The van der Waals surface area contributed by atoms with Gasteiger partial charge in [-0.25, -0.2) is 4.98 Å². The minimum Gasteiger partial charge on any atom is -0.391 e. The molecule has 0 radical (unpaired) electrons. The molecular formula is C28H43N5O3S. The van der Waals surface area contributed by atoms with E-state index in [-0.39, 0.29) is 36.6 Å². The van der Waals surface area contributed by atoms with E-state index in [1.807, 2.05) is 47.1 Å². The van der Waals surface area contributed by atoms with E-state index in [1.54, 1.807) is 16.2 Å². The van der Waals surface area contributed by atoms with Gasteiger partial charge < -0.3 is 25.5 Å². The van der Waals surface area contributed by atoms with E-state index in [1.165, 1.54) is 0 Å². The third-order valence-electron chi connectivity index (χ3n) is 7.26. The van der Waals surface area contributed by atoms with Gasteiger partial charge in [0.2, 0.25) is 11.8 Å². The van der Waals surface area contributed by atoms with Gasteiger partial charge in [0, 0.05) is 57.3 Å². The monoisotopic (exact) mass is 529 g/mol. The Morgan fingerprint density at radius 2 is 1.92 bits per heavy atom. The van der Waals surface area contributed by atoms with E-state index in [0.29, 0.717) is 6.54 Å². The number of amides is 2. The molecule has 2 aromatic rings. The van der Waals surface area contributed by atoms with Crippen LogP contribution in [0.3, 0.4) is 0 Å². The van der Waals surface area contributed by atoms with Gasteiger partial charge in [-0.1, -0.05) is 46.8 Å². The van der Waals surface area contributed by atoms with Crippen molar-refractivity contribution in [3.8, 4) is 10.4 Å². The third-order valence-corrected chi connectivity index (χ3v) is 8.24. The number of aliphatic hydroxyl groups excluding tert-OH is 1. The van der Waals surface area contributed by atoms with Crippen LogP contribution in [0.5, 0.6) is 0 Å². The predicted molar refractivity (Wildman–Crippen MR) is 151 cm³/mol. The highest BCUT2D eigenvalue weighted by molar-refractivity contribution is 7.13. The zero-order valence-electron chi connectivity index (χ0n) is 23.1. The van der Waals surface area contributed by atoms with E-state index < -0.39 is 12.1 Å². The molecular weight excluding hydrogens is 486 g/mol. The van der Waals surface area contributed by atoms with E-state index in [9.17, 15) is 14.7 Å². The highest BCUT2D eigenvalue weighted by Crippen LogP contribution is 2.33. The number of nitrogens with zero attached hydrogens (tertiary/aromatic N) is 3. The molecule has 3 unspecified atom stereocenters. The Labute approximate surface area is 225 Å². The second-order valence-electron chi connectivity index (χ2n) is 9.99. The van der Waals surface area contributed by atoms with Gasteiger partial charge in [-0.2, -0.15) is 0 Å². The minimum atomic E-state index is -0.674. The predicted octanol–water partition coefficient (Wildman–Crippen LogP) is 3.42. The summed E-state index contributed by atoms with van der Waals surface area (Å²) in [6.45, 7) is 16.1. The van der Waals surface area contributed by atoms with Crippen molar-refractivity contribution in [3.63, 3.8) is 0 Å². The number of aryl methyl sites for hydroxylation is 1. The number of aromatic nitrogens is 1. The summed E-state index contributed by atoms with van der Waals surface area (Å²) in [5.74, 6) is -0.300. The van der Waals surface area contributed by atoms with Crippen LogP contribution in [0.15, 0.2) is 23.7 Å². The average molecular weight is 530 g/mol. The lowest BCUT2D eigenvalue weighted by atomic mass is 9.96. The lowest BCUT2D eigenvalue weighted by Crippen LogP contribution is -2.48. The highest BCUT2D eigenvalue weighted by Gasteiger charge is 2.40. The lowest BCUT2D eigenvalue weighted by Gasteiger charge is -2.32. The summed E-state index contributed by atoms with van der Waals surface area (Å²) in [6.07, 6.45) is -0.399. The number of aliphatic hydroxyl groups is 1. The van der Waals surface area contributed by atoms with Crippen LogP contribution in [0.2, 0.25) is 0 Å². The first-order chi connectivity index (χ1) is 17.8. The molecule has 9 heteroatoms. The van der Waals surface area contributed by atoms with Gasteiger partial charge in [-0.05, 0) is 30.0 Å². The SMILES string of the molecule is CC.Cc1ncsc1-c1ccc(CNC(=O)C2CC(O)CN2C(=O)C(C)C(C)C)c(N2CCNCC2)c1. The zero-order valence-corrected chi connectivity index (χ0v) is 23.9. The Morgan fingerprint density at radius 3 is 2.54 bits per heavy atom. The number of thiazole rings is 1. The van der Waals surface area contributed by atoms with Gasteiger partial charge in [0.05, 0.1) is 22.2 Å². The fourth-order valence-corrected chi connectivity index (χ4v) is 5.59. The minimum absolute atomic E-state index is 0.0671. The van der Waals surface area contributed by atoms with E-state index in [4.69, 9.17) is 0 Å². The summed E-state index contributed by atoms with van der Waals surface area (Å²) in [7, 11) is 0. The van der Waals surface area contributed by atoms with Crippen LogP contribution < -0.4 is 15.5 Å². The molecule has 0 aliphatic carbocycles. The number of likely N-dealkylation sites (tertiary alicyclic amines) is 1. The second-order valence-corrected chi connectivity index (χ2v) is 10.8. The Bertz CT molecular complexity index is 1050. The Hall–Kier alpha value is -2.49. The van der Waals surface area contributed by atoms with Crippen molar-refractivity contribution in [2.24, 2.45) is 11.8 Å². The second kappa shape index (κ2) is 13.3. The molecule has 2 fully saturated rings. The van der Waals surface area contributed by atoms with Crippen molar-refractivity contribution >= 4 is 28.8 Å². The normalized spacial score (nSPS) is 20.4. The summed E-state index contributed by atoms with van der Waals surface area (Å²) in [6, 6.07) is 5.74. The zero-order chi connectivity index (χ0) is 27.1. The number of benzene rings is 1. The number of nitrogens with one attached hydrogen (secondary N) is 2. The van der Waals surface area contributed by atoms with Crippen LogP contribution in [0.1, 0.15) is 52.3 Å². The number of hydrogen-bond donors (Lipinski definition) is 3. The Kier molecular flexibility index (Phi) is 10.5. The standard InChI is InChI=1S/C26H37N5O3S.C2H6/c1-16(2)17(3)26(34)31-14-21(32)12-23(31)25(33)28-13-20-6-5-19(24-18(4)29-15-35-24)11-22(20)30-9-7-27-8-10-30;1-2/h5-6,11,15-17,21,23,27,32H,7-10,12-14H2,1-4H3,(H,28,33);1-2H3. The first-order valence-corrected chi connectivity index (χ1v) is 14.4. The topological polar surface area (TPSA) is 97.8 Å². The molecule has 3 N–H and O–H groups in total. The van der Waals surface area contributed by atoms with Gasteiger partial charge in [0.15, 0.2) is 0 Å². The number of β-amino-alcohol motifs (C(OH)–C–C–N with tert-alkyl or cyclic N) is 1. The van der Waals surface area contributed by atoms with Crippen LogP contribution in [0, 0.1) is 18.8 Å². The molecule has 0 saturated carbocycles. The number of anilines is 1. The number of hydrogen-bond acceptors (Lipinski definition) is 7. The molecule has 2 aliphatic rings. The molecule has 2 amide bonds. The maximum absolute atomic E-state index is 13.2. The molecule has 0 spiro atoms. The molecule has 1 aromatic heterocycles.